The van der Waals surface area contributed by atoms with Crippen LogP contribution >= 0.6 is 11.8 Å². The summed E-state index contributed by atoms with van der Waals surface area (Å²) in [4.78, 5) is 7.04. The molecule has 1 aliphatic carbocycles. The van der Waals surface area contributed by atoms with Gasteiger partial charge in [0.05, 0.1) is 0 Å². The lowest BCUT2D eigenvalue weighted by Crippen LogP contribution is -1.91. The summed E-state index contributed by atoms with van der Waals surface area (Å²) in [6, 6.07) is 35.2. The minimum Gasteiger partial charge on any atom is -0.264 e. The minimum absolute atomic E-state index is 0.930. The third kappa shape index (κ3) is 4.91. The van der Waals surface area contributed by atoms with Crippen molar-refractivity contribution in [3.63, 3.8) is 0 Å². The van der Waals surface area contributed by atoms with Crippen molar-refractivity contribution >= 4 is 49.7 Å². The van der Waals surface area contributed by atoms with Crippen molar-refractivity contribution < 1.29 is 0 Å². The van der Waals surface area contributed by atoms with Crippen LogP contribution in [0.2, 0.25) is 0 Å². The van der Waals surface area contributed by atoms with Crippen LogP contribution in [-0.4, -0.2) is 4.98 Å². The molecule has 0 radical (unpaired) electrons. The molecule has 1 aliphatic rings. The molecule has 0 amide bonds. The standard InChI is InChI=1S/C40H29NS/c1-2-3-15-34(29-12-5-4-6-13-29)30-20-22-33(23-21-30)42-40-36-17-10-9-16-35(36)39(38-27-41-25-24-37(38)40)32-19-18-28-11-7-8-14-31(28)26-32/h2-12,14-27H,1,13H2/b15-3-,34-29+. The van der Waals surface area contributed by atoms with Gasteiger partial charge in [0.2, 0.25) is 0 Å². The molecule has 5 aromatic carbocycles. The molecule has 7 rings (SSSR count). The van der Waals surface area contributed by atoms with E-state index in [1.165, 1.54) is 69.9 Å². The molecule has 0 aliphatic heterocycles. The van der Waals surface area contributed by atoms with E-state index in [-0.39, 0.29) is 0 Å². The number of pyridine rings is 1. The highest BCUT2D eigenvalue weighted by atomic mass is 32.2. The maximum atomic E-state index is 4.58. The smallest absolute Gasteiger partial charge is 0.0353 e. The topological polar surface area (TPSA) is 12.9 Å². The van der Waals surface area contributed by atoms with Gasteiger partial charge in [-0.25, -0.2) is 0 Å². The quantitative estimate of drug-likeness (QED) is 0.150. The van der Waals surface area contributed by atoms with Crippen molar-refractivity contribution in [1.29, 1.82) is 0 Å². The third-order valence-corrected chi connectivity index (χ3v) is 8.98. The van der Waals surface area contributed by atoms with Gasteiger partial charge in [-0.05, 0) is 85.5 Å². The van der Waals surface area contributed by atoms with Gasteiger partial charge in [0.25, 0.3) is 0 Å². The molecule has 0 bridgehead atoms. The number of allylic oxidation sites excluding steroid dienone is 9. The van der Waals surface area contributed by atoms with Crippen LogP contribution in [0.3, 0.4) is 0 Å². The molecule has 0 N–H and O–H groups in total. The first kappa shape index (κ1) is 26.0. The first-order valence-corrected chi connectivity index (χ1v) is 15.0. The third-order valence-electron chi connectivity index (χ3n) is 7.83. The normalized spacial score (nSPS) is 14.3. The first-order chi connectivity index (χ1) is 20.8. The molecule has 2 heteroatoms. The van der Waals surface area contributed by atoms with E-state index in [0.29, 0.717) is 0 Å². The van der Waals surface area contributed by atoms with Crippen molar-refractivity contribution in [2.45, 2.75) is 16.2 Å². The monoisotopic (exact) mass is 555 g/mol. The van der Waals surface area contributed by atoms with Crippen LogP contribution in [-0.2, 0) is 0 Å². The summed E-state index contributed by atoms with van der Waals surface area (Å²) < 4.78 is 0. The van der Waals surface area contributed by atoms with Gasteiger partial charge < -0.3 is 0 Å². The van der Waals surface area contributed by atoms with Crippen LogP contribution < -0.4 is 0 Å². The predicted octanol–water partition coefficient (Wildman–Crippen LogP) is 11.4. The zero-order valence-electron chi connectivity index (χ0n) is 23.2. The Kier molecular flexibility index (Phi) is 7.13. The van der Waals surface area contributed by atoms with Crippen LogP contribution in [0.5, 0.6) is 0 Å². The minimum atomic E-state index is 0.930. The lowest BCUT2D eigenvalue weighted by molar-refractivity contribution is 1.26. The van der Waals surface area contributed by atoms with Gasteiger partial charge in [-0.3, -0.25) is 4.98 Å². The summed E-state index contributed by atoms with van der Waals surface area (Å²) >= 11 is 1.82. The fourth-order valence-electron chi connectivity index (χ4n) is 5.83. The van der Waals surface area contributed by atoms with Gasteiger partial charge in [-0.1, -0.05) is 134 Å². The number of hydrogen-bond donors (Lipinski definition) is 0. The number of nitrogens with zero attached hydrogens (tertiary/aromatic N) is 1. The zero-order chi connectivity index (χ0) is 28.3. The van der Waals surface area contributed by atoms with Crippen LogP contribution in [0.15, 0.2) is 174 Å². The average Bonchev–Trinajstić information content (AvgIpc) is 3.06. The summed E-state index contributed by atoms with van der Waals surface area (Å²) in [5.74, 6) is 0. The zero-order valence-corrected chi connectivity index (χ0v) is 24.0. The second kappa shape index (κ2) is 11.5. The van der Waals surface area contributed by atoms with E-state index in [1.54, 1.807) is 0 Å². The molecule has 0 saturated carbocycles. The Morgan fingerprint density at radius 3 is 2.36 bits per heavy atom. The van der Waals surface area contributed by atoms with Crippen LogP contribution in [0, 0.1) is 0 Å². The summed E-state index contributed by atoms with van der Waals surface area (Å²) in [5.41, 5.74) is 6.19. The highest BCUT2D eigenvalue weighted by Crippen LogP contribution is 2.45. The van der Waals surface area contributed by atoms with Gasteiger partial charge >= 0.3 is 0 Å². The maximum Gasteiger partial charge on any atom is 0.0353 e. The molecular weight excluding hydrogens is 527 g/mol. The molecule has 6 aromatic rings. The molecule has 0 fully saturated rings. The number of benzene rings is 5. The summed E-state index contributed by atoms with van der Waals surface area (Å²) in [5, 5.41) is 7.38. The Hall–Kier alpha value is -4.92. The SMILES string of the molecule is C=C/C=C\C(=C1\C=CC=CC1)c1ccc(Sc2c3ccccc3c(-c3ccc4ccccc4c3)c3cnccc23)cc1. The maximum absolute atomic E-state index is 4.58. The molecule has 1 nitrogen and oxygen atoms in total. The van der Waals surface area contributed by atoms with E-state index >= 15 is 0 Å². The highest BCUT2D eigenvalue weighted by Gasteiger charge is 2.17. The van der Waals surface area contributed by atoms with Crippen LogP contribution in [0.25, 0.3) is 49.0 Å². The second-order valence-corrected chi connectivity index (χ2v) is 11.5. The lowest BCUT2D eigenvalue weighted by Gasteiger charge is -2.17. The van der Waals surface area contributed by atoms with Crippen molar-refractivity contribution in [2.24, 2.45) is 0 Å². The molecule has 1 heterocycles. The van der Waals surface area contributed by atoms with Gasteiger partial charge in [-0.2, -0.15) is 0 Å². The molecular formula is C40H29NS. The summed E-state index contributed by atoms with van der Waals surface area (Å²) in [7, 11) is 0. The van der Waals surface area contributed by atoms with Crippen LogP contribution in [0.4, 0.5) is 0 Å². The Morgan fingerprint density at radius 1 is 0.762 bits per heavy atom. The lowest BCUT2D eigenvalue weighted by atomic mass is 9.92. The molecule has 42 heavy (non-hydrogen) atoms. The van der Waals surface area contributed by atoms with Gasteiger partial charge in [0.1, 0.15) is 0 Å². The average molecular weight is 556 g/mol. The van der Waals surface area contributed by atoms with E-state index < -0.39 is 0 Å². The van der Waals surface area contributed by atoms with Crippen molar-refractivity contribution in [3.8, 4) is 11.1 Å². The van der Waals surface area contributed by atoms with Crippen molar-refractivity contribution in [3.05, 3.63) is 170 Å². The summed E-state index contributed by atoms with van der Waals surface area (Å²) in [6.45, 7) is 3.87. The van der Waals surface area contributed by atoms with Crippen molar-refractivity contribution in [2.75, 3.05) is 0 Å². The summed E-state index contributed by atoms with van der Waals surface area (Å²) in [6.07, 6.45) is 19.5. The van der Waals surface area contributed by atoms with Gasteiger partial charge in [0, 0.05) is 27.6 Å². The number of fused-ring (bicyclic) bond motifs is 3. The Balaban J connectivity index is 1.34. The molecule has 1 aromatic heterocycles. The van der Waals surface area contributed by atoms with E-state index in [0.717, 1.165) is 6.42 Å². The number of aromatic nitrogens is 1. The second-order valence-electron chi connectivity index (χ2n) is 10.4. The Labute approximate surface area is 250 Å². The fourth-order valence-corrected chi connectivity index (χ4v) is 6.92. The largest absolute Gasteiger partial charge is 0.264 e. The molecule has 200 valence electrons. The van der Waals surface area contributed by atoms with Gasteiger partial charge in [0.15, 0.2) is 0 Å². The molecule has 0 saturated heterocycles. The Bertz CT molecular complexity index is 2030. The number of rotatable bonds is 6. The van der Waals surface area contributed by atoms with E-state index in [9.17, 15) is 0 Å². The molecule has 0 atom stereocenters. The molecule has 0 spiro atoms. The van der Waals surface area contributed by atoms with Gasteiger partial charge in [-0.15, -0.1) is 0 Å². The fraction of sp³-hybridized carbons (Fsp3) is 0.0250. The first-order valence-electron chi connectivity index (χ1n) is 14.2. The van der Waals surface area contributed by atoms with Crippen LogP contribution in [0.1, 0.15) is 12.0 Å². The van der Waals surface area contributed by atoms with E-state index in [4.69, 9.17) is 0 Å². The van der Waals surface area contributed by atoms with E-state index in [2.05, 4.69) is 139 Å². The predicted molar refractivity (Wildman–Crippen MR) is 182 cm³/mol. The van der Waals surface area contributed by atoms with E-state index in [1.807, 2.05) is 36.3 Å². The highest BCUT2D eigenvalue weighted by molar-refractivity contribution is 7.99. The Morgan fingerprint density at radius 2 is 1.55 bits per heavy atom. The van der Waals surface area contributed by atoms with Crippen molar-refractivity contribution in [1.82, 2.24) is 4.98 Å². The number of hydrogen-bond acceptors (Lipinski definition) is 2. The molecule has 0 unspecified atom stereocenters.